The Balaban J connectivity index is 0.00000280. The zero-order chi connectivity index (χ0) is 19.1. The summed E-state index contributed by atoms with van der Waals surface area (Å²) in [5.74, 6) is 1.09. The summed E-state index contributed by atoms with van der Waals surface area (Å²) in [6, 6.07) is 12.4. The Labute approximate surface area is 188 Å². The van der Waals surface area contributed by atoms with Crippen molar-refractivity contribution in [2.75, 3.05) is 38.6 Å². The first-order valence-electron chi connectivity index (χ1n) is 9.51. The number of hydrogen-bond acceptors (Lipinski definition) is 3. The van der Waals surface area contributed by atoms with Crippen LogP contribution >= 0.6 is 35.3 Å². The molecule has 1 aromatic heterocycles. The second-order valence-electron chi connectivity index (χ2n) is 6.75. The van der Waals surface area contributed by atoms with Gasteiger partial charge in [-0.3, -0.25) is 9.79 Å². The monoisotopic (exact) mass is 512 g/mol. The van der Waals surface area contributed by atoms with Crippen molar-refractivity contribution in [3.8, 4) is 0 Å². The average Bonchev–Trinajstić information content (AvgIpc) is 3.35. The van der Waals surface area contributed by atoms with Gasteiger partial charge in [0.1, 0.15) is 0 Å². The maximum atomic E-state index is 12.5. The van der Waals surface area contributed by atoms with E-state index in [9.17, 15) is 4.79 Å². The van der Waals surface area contributed by atoms with Gasteiger partial charge in [0.2, 0.25) is 5.91 Å². The Morgan fingerprint density at radius 3 is 2.86 bits per heavy atom. The summed E-state index contributed by atoms with van der Waals surface area (Å²) in [6.07, 6.45) is 3.33. The van der Waals surface area contributed by atoms with Crippen molar-refractivity contribution in [2.24, 2.45) is 4.99 Å². The van der Waals surface area contributed by atoms with Gasteiger partial charge >= 0.3 is 0 Å². The van der Waals surface area contributed by atoms with Crippen LogP contribution in [0.1, 0.15) is 23.3 Å². The summed E-state index contributed by atoms with van der Waals surface area (Å²) in [6.45, 7) is 2.47. The molecule has 5 nitrogen and oxygen atoms in total. The lowest BCUT2D eigenvalue weighted by Crippen LogP contribution is -2.40. The van der Waals surface area contributed by atoms with Gasteiger partial charge in [-0.25, -0.2) is 0 Å². The summed E-state index contributed by atoms with van der Waals surface area (Å²) in [5, 5.41) is 5.48. The van der Waals surface area contributed by atoms with Gasteiger partial charge in [-0.05, 0) is 42.3 Å². The van der Waals surface area contributed by atoms with Crippen LogP contribution in [-0.2, 0) is 17.6 Å². The minimum atomic E-state index is 0. The number of carbonyl (C=O) groups is 1. The number of nitrogens with zero attached hydrogens (tertiary/aromatic N) is 3. The number of aliphatic imine (C=N–C) groups is 1. The third-order valence-electron chi connectivity index (χ3n) is 4.89. The van der Waals surface area contributed by atoms with E-state index in [0.717, 1.165) is 50.5 Å². The highest BCUT2D eigenvalue weighted by Crippen LogP contribution is 2.27. The molecule has 0 fully saturated rings. The third kappa shape index (κ3) is 5.94. The van der Waals surface area contributed by atoms with Gasteiger partial charge in [0.25, 0.3) is 0 Å². The first-order chi connectivity index (χ1) is 13.2. The summed E-state index contributed by atoms with van der Waals surface area (Å²) in [7, 11) is 3.85. The molecular weight excluding hydrogens is 483 g/mol. The maximum absolute atomic E-state index is 12.5. The molecule has 0 aliphatic carbocycles. The van der Waals surface area contributed by atoms with Crippen LogP contribution in [0.15, 0.2) is 46.8 Å². The molecular formula is C21H29IN4OS. The maximum Gasteiger partial charge on any atom is 0.227 e. The largest absolute Gasteiger partial charge is 0.356 e. The molecule has 7 heteroatoms. The number of rotatable bonds is 7. The lowest BCUT2D eigenvalue weighted by atomic mass is 10.2. The second-order valence-corrected chi connectivity index (χ2v) is 7.78. The van der Waals surface area contributed by atoms with Gasteiger partial charge in [0.05, 0.1) is 0 Å². The van der Waals surface area contributed by atoms with Crippen molar-refractivity contribution in [2.45, 2.75) is 25.7 Å². The van der Waals surface area contributed by atoms with Gasteiger partial charge < -0.3 is 15.1 Å². The van der Waals surface area contributed by atoms with E-state index in [1.807, 2.05) is 23.1 Å². The number of guanidine groups is 1. The number of fused-ring (bicyclic) bond motifs is 1. The van der Waals surface area contributed by atoms with Crippen LogP contribution in [0.5, 0.6) is 0 Å². The van der Waals surface area contributed by atoms with Crippen LogP contribution in [0.3, 0.4) is 0 Å². The predicted octanol–water partition coefficient (Wildman–Crippen LogP) is 3.79. The highest BCUT2D eigenvalue weighted by Gasteiger charge is 2.23. The molecule has 1 aliphatic rings. The van der Waals surface area contributed by atoms with Crippen molar-refractivity contribution < 1.29 is 4.79 Å². The number of carbonyl (C=O) groups excluding carboxylic acids is 1. The SMILES string of the molecule is CN=C(NCCCC(=O)N1CCc2ccccc21)N(C)CCc1cccs1.I. The van der Waals surface area contributed by atoms with Crippen molar-refractivity contribution >= 4 is 52.9 Å². The number of likely N-dealkylation sites (N-methyl/N-ethyl adjacent to an activating group) is 1. The molecule has 28 heavy (non-hydrogen) atoms. The van der Waals surface area contributed by atoms with Crippen molar-refractivity contribution in [1.82, 2.24) is 10.2 Å². The lowest BCUT2D eigenvalue weighted by Gasteiger charge is -2.22. The third-order valence-corrected chi connectivity index (χ3v) is 5.82. The molecule has 0 atom stereocenters. The minimum Gasteiger partial charge on any atom is -0.356 e. The fourth-order valence-electron chi connectivity index (χ4n) is 3.40. The van der Waals surface area contributed by atoms with E-state index in [2.05, 4.69) is 45.8 Å². The van der Waals surface area contributed by atoms with E-state index in [1.54, 1.807) is 18.4 Å². The summed E-state index contributed by atoms with van der Waals surface area (Å²) in [5.41, 5.74) is 2.36. The Morgan fingerprint density at radius 1 is 1.29 bits per heavy atom. The minimum absolute atomic E-state index is 0. The van der Waals surface area contributed by atoms with Gasteiger partial charge in [-0.1, -0.05) is 24.3 Å². The molecule has 3 rings (SSSR count). The number of thiophene rings is 1. The molecule has 1 aromatic carbocycles. The van der Waals surface area contributed by atoms with E-state index in [1.165, 1.54) is 10.4 Å². The number of hydrogen-bond donors (Lipinski definition) is 1. The zero-order valence-electron chi connectivity index (χ0n) is 16.6. The highest BCUT2D eigenvalue weighted by atomic mass is 127. The predicted molar refractivity (Wildman–Crippen MR) is 129 cm³/mol. The van der Waals surface area contributed by atoms with Crippen LogP contribution in [0.4, 0.5) is 5.69 Å². The standard InChI is InChI=1S/C21H28N4OS.HI/c1-22-21(24(2)14-12-18-8-6-16-27-18)23-13-5-10-20(26)25-15-11-17-7-3-4-9-19(17)25;/h3-4,6-9,16H,5,10-15H2,1-2H3,(H,22,23);1H. The normalized spacial score (nSPS) is 13.1. The molecule has 0 bridgehead atoms. The smallest absolute Gasteiger partial charge is 0.227 e. The number of para-hydroxylation sites is 1. The molecule has 0 saturated carbocycles. The second kappa shape index (κ2) is 11.4. The number of nitrogens with one attached hydrogen (secondary N) is 1. The fourth-order valence-corrected chi connectivity index (χ4v) is 4.09. The number of benzene rings is 1. The Bertz CT molecular complexity index is 778. The van der Waals surface area contributed by atoms with Crippen LogP contribution < -0.4 is 10.2 Å². The van der Waals surface area contributed by atoms with E-state index in [0.29, 0.717) is 6.42 Å². The quantitative estimate of drug-likeness (QED) is 0.266. The van der Waals surface area contributed by atoms with Crippen LogP contribution in [0.2, 0.25) is 0 Å². The number of halogens is 1. The summed E-state index contributed by atoms with van der Waals surface area (Å²) < 4.78 is 0. The Morgan fingerprint density at radius 2 is 2.11 bits per heavy atom. The molecule has 0 unspecified atom stereocenters. The Hall–Kier alpha value is -1.61. The number of amides is 1. The average molecular weight is 512 g/mol. The van der Waals surface area contributed by atoms with E-state index in [-0.39, 0.29) is 29.9 Å². The van der Waals surface area contributed by atoms with E-state index >= 15 is 0 Å². The molecule has 2 heterocycles. The van der Waals surface area contributed by atoms with Crippen LogP contribution in [-0.4, -0.2) is 50.5 Å². The van der Waals surface area contributed by atoms with Crippen molar-refractivity contribution in [3.05, 3.63) is 52.2 Å². The molecule has 1 aliphatic heterocycles. The lowest BCUT2D eigenvalue weighted by molar-refractivity contribution is -0.118. The molecule has 0 radical (unpaired) electrons. The van der Waals surface area contributed by atoms with Crippen LogP contribution in [0.25, 0.3) is 0 Å². The molecule has 1 N–H and O–H groups in total. The first kappa shape index (κ1) is 22.7. The van der Waals surface area contributed by atoms with Crippen LogP contribution in [0, 0.1) is 0 Å². The molecule has 0 saturated heterocycles. The fraction of sp³-hybridized carbons (Fsp3) is 0.429. The summed E-state index contributed by atoms with van der Waals surface area (Å²) >= 11 is 1.79. The zero-order valence-corrected chi connectivity index (χ0v) is 19.7. The van der Waals surface area contributed by atoms with E-state index < -0.39 is 0 Å². The Kier molecular flexibility index (Phi) is 9.24. The van der Waals surface area contributed by atoms with Gasteiger partial charge in [-0.2, -0.15) is 0 Å². The highest BCUT2D eigenvalue weighted by molar-refractivity contribution is 14.0. The van der Waals surface area contributed by atoms with Crippen molar-refractivity contribution in [3.63, 3.8) is 0 Å². The van der Waals surface area contributed by atoms with Crippen molar-refractivity contribution in [1.29, 1.82) is 0 Å². The van der Waals surface area contributed by atoms with Gasteiger partial charge in [0, 0.05) is 50.7 Å². The number of anilines is 1. The first-order valence-corrected chi connectivity index (χ1v) is 10.4. The van der Waals surface area contributed by atoms with Gasteiger partial charge in [0.15, 0.2) is 5.96 Å². The van der Waals surface area contributed by atoms with Gasteiger partial charge in [-0.15, -0.1) is 35.3 Å². The molecule has 0 spiro atoms. The molecule has 152 valence electrons. The van der Waals surface area contributed by atoms with E-state index in [4.69, 9.17) is 0 Å². The molecule has 1 amide bonds. The molecule has 2 aromatic rings. The summed E-state index contributed by atoms with van der Waals surface area (Å²) in [4.78, 5) is 22.3. The topological polar surface area (TPSA) is 47.9 Å².